The van der Waals surface area contributed by atoms with Gasteiger partial charge >= 0.3 is 0 Å². The predicted molar refractivity (Wildman–Crippen MR) is 76.0 cm³/mol. The fraction of sp³-hybridized carbons (Fsp3) is 0.250. The van der Waals surface area contributed by atoms with E-state index in [0.29, 0.717) is 12.0 Å². The van der Waals surface area contributed by atoms with Crippen molar-refractivity contribution in [1.29, 1.82) is 0 Å². The van der Waals surface area contributed by atoms with Gasteiger partial charge in [-0.3, -0.25) is 11.3 Å². The monoisotopic (exact) mass is 276 g/mol. The van der Waals surface area contributed by atoms with Crippen LogP contribution in [0.3, 0.4) is 0 Å². The first kappa shape index (κ1) is 14.6. The maximum Gasteiger partial charge on any atom is 0.133 e. The van der Waals surface area contributed by atoms with Gasteiger partial charge in [0.1, 0.15) is 11.6 Å². The average Bonchev–Trinajstić information content (AvgIpc) is 2.44. The Balaban J connectivity index is 2.33. The highest BCUT2D eigenvalue weighted by Crippen LogP contribution is 2.25. The highest BCUT2D eigenvalue weighted by molar-refractivity contribution is 5.31. The molecule has 2 aromatic rings. The number of hydrogen-bond donors (Lipinski definition) is 2. The van der Waals surface area contributed by atoms with Gasteiger partial charge < -0.3 is 0 Å². The number of hydrogen-bond acceptors (Lipinski definition) is 2. The van der Waals surface area contributed by atoms with Gasteiger partial charge in [0.25, 0.3) is 0 Å². The van der Waals surface area contributed by atoms with Gasteiger partial charge in [-0.05, 0) is 37.5 Å². The quantitative estimate of drug-likeness (QED) is 0.664. The van der Waals surface area contributed by atoms with E-state index in [1.807, 2.05) is 31.2 Å². The molecular weight excluding hydrogens is 258 g/mol. The molecule has 0 aliphatic heterocycles. The minimum atomic E-state index is -0.599. The van der Waals surface area contributed by atoms with E-state index in [2.05, 4.69) is 5.43 Å². The van der Waals surface area contributed by atoms with Crippen molar-refractivity contribution < 1.29 is 8.78 Å². The van der Waals surface area contributed by atoms with E-state index in [1.165, 1.54) is 12.1 Å². The van der Waals surface area contributed by atoms with Crippen LogP contribution < -0.4 is 11.3 Å². The smallest absolute Gasteiger partial charge is 0.133 e. The Morgan fingerprint density at radius 3 is 2.30 bits per heavy atom. The summed E-state index contributed by atoms with van der Waals surface area (Å²) in [5.41, 5.74) is 5.02. The second-order valence-electron chi connectivity index (χ2n) is 5.00. The van der Waals surface area contributed by atoms with E-state index in [0.717, 1.165) is 11.1 Å². The van der Waals surface area contributed by atoms with Crippen LogP contribution >= 0.6 is 0 Å². The third kappa shape index (κ3) is 3.03. The summed E-state index contributed by atoms with van der Waals surface area (Å²) in [5, 5.41) is 0. The molecular formula is C16H18F2N2. The molecule has 3 N–H and O–H groups in total. The first-order chi connectivity index (χ1) is 9.52. The topological polar surface area (TPSA) is 38.0 Å². The molecule has 2 nitrogen and oxygen atoms in total. The van der Waals surface area contributed by atoms with Crippen LogP contribution in [-0.2, 0) is 6.42 Å². The molecule has 0 radical (unpaired) electrons. The molecule has 0 aromatic heterocycles. The number of nitrogens with two attached hydrogens (primary N) is 1. The fourth-order valence-corrected chi connectivity index (χ4v) is 2.20. The fourth-order valence-electron chi connectivity index (χ4n) is 2.20. The highest BCUT2D eigenvalue weighted by Gasteiger charge is 2.20. The van der Waals surface area contributed by atoms with E-state index < -0.39 is 17.7 Å². The van der Waals surface area contributed by atoms with Gasteiger partial charge in [-0.2, -0.15) is 0 Å². The summed E-state index contributed by atoms with van der Waals surface area (Å²) in [6.45, 7) is 3.60. The maximum absolute atomic E-state index is 14.1. The van der Waals surface area contributed by atoms with Crippen LogP contribution in [0.1, 0.15) is 28.3 Å². The summed E-state index contributed by atoms with van der Waals surface area (Å²) in [4.78, 5) is 0. The van der Waals surface area contributed by atoms with Gasteiger partial charge in [0.15, 0.2) is 0 Å². The summed E-state index contributed by atoms with van der Waals surface area (Å²) in [5.74, 6) is 4.37. The second kappa shape index (κ2) is 6.11. The normalized spacial score (nSPS) is 12.4. The predicted octanol–water partition coefficient (Wildman–Crippen LogP) is 3.33. The lowest BCUT2D eigenvalue weighted by atomic mass is 9.96. The number of nitrogens with one attached hydrogen (secondary N) is 1. The first-order valence-corrected chi connectivity index (χ1v) is 6.49. The highest BCUT2D eigenvalue weighted by atomic mass is 19.1. The molecule has 4 heteroatoms. The SMILES string of the molecule is Cc1ccc(CC(NN)c2c(F)ccc(C)c2F)cc1. The molecule has 1 atom stereocenters. The Morgan fingerprint density at radius 2 is 1.70 bits per heavy atom. The van der Waals surface area contributed by atoms with Gasteiger partial charge in [-0.25, -0.2) is 8.78 Å². The largest absolute Gasteiger partial charge is 0.271 e. The molecule has 0 saturated carbocycles. The zero-order chi connectivity index (χ0) is 14.7. The molecule has 0 amide bonds. The molecule has 0 aliphatic carbocycles. The lowest BCUT2D eigenvalue weighted by molar-refractivity contribution is 0.470. The van der Waals surface area contributed by atoms with Crippen LogP contribution in [0.15, 0.2) is 36.4 Å². The van der Waals surface area contributed by atoms with E-state index in [1.54, 1.807) is 6.92 Å². The van der Waals surface area contributed by atoms with Gasteiger partial charge in [-0.15, -0.1) is 0 Å². The standard InChI is InChI=1S/C16H18F2N2/c1-10-3-6-12(7-4-10)9-14(20-19)15-13(17)8-5-11(2)16(15)18/h3-8,14,20H,9,19H2,1-2H3. The van der Waals surface area contributed by atoms with Gasteiger partial charge in [-0.1, -0.05) is 35.9 Å². The van der Waals surface area contributed by atoms with Crippen molar-refractivity contribution in [2.45, 2.75) is 26.3 Å². The molecule has 0 spiro atoms. The first-order valence-electron chi connectivity index (χ1n) is 6.49. The summed E-state index contributed by atoms with van der Waals surface area (Å²) in [6.07, 6.45) is 0.425. The minimum absolute atomic E-state index is 0.00641. The zero-order valence-corrected chi connectivity index (χ0v) is 11.6. The zero-order valence-electron chi connectivity index (χ0n) is 11.6. The Bertz CT molecular complexity index is 594. The second-order valence-corrected chi connectivity index (χ2v) is 5.00. The van der Waals surface area contributed by atoms with Crippen LogP contribution in [0.5, 0.6) is 0 Å². The molecule has 2 rings (SSSR count). The van der Waals surface area contributed by atoms with E-state index in [-0.39, 0.29) is 5.56 Å². The molecule has 0 aliphatic rings. The maximum atomic E-state index is 14.1. The summed E-state index contributed by atoms with van der Waals surface area (Å²) < 4.78 is 28.0. The van der Waals surface area contributed by atoms with Gasteiger partial charge in [0.2, 0.25) is 0 Å². The molecule has 0 bridgehead atoms. The van der Waals surface area contributed by atoms with E-state index in [4.69, 9.17) is 5.84 Å². The van der Waals surface area contributed by atoms with Gasteiger partial charge in [0, 0.05) is 5.56 Å². The van der Waals surface area contributed by atoms with Crippen LogP contribution in [0.2, 0.25) is 0 Å². The van der Waals surface area contributed by atoms with E-state index >= 15 is 0 Å². The Morgan fingerprint density at radius 1 is 1.05 bits per heavy atom. The summed E-state index contributed by atoms with van der Waals surface area (Å²) in [6, 6.07) is 9.90. The van der Waals surface area contributed by atoms with Crippen molar-refractivity contribution in [3.05, 3.63) is 70.3 Å². The van der Waals surface area contributed by atoms with Crippen molar-refractivity contribution in [2.24, 2.45) is 5.84 Å². The van der Waals surface area contributed by atoms with Crippen molar-refractivity contribution in [3.8, 4) is 0 Å². The summed E-state index contributed by atoms with van der Waals surface area (Å²) in [7, 11) is 0. The van der Waals surface area contributed by atoms with Gasteiger partial charge in [0.05, 0.1) is 6.04 Å². The molecule has 106 valence electrons. The minimum Gasteiger partial charge on any atom is -0.271 e. The molecule has 2 aromatic carbocycles. The number of aryl methyl sites for hydroxylation is 2. The molecule has 0 fully saturated rings. The van der Waals surface area contributed by atoms with Crippen molar-refractivity contribution >= 4 is 0 Å². The van der Waals surface area contributed by atoms with E-state index in [9.17, 15) is 8.78 Å². The molecule has 1 unspecified atom stereocenters. The Hall–Kier alpha value is -1.78. The van der Waals surface area contributed by atoms with Crippen molar-refractivity contribution in [1.82, 2.24) is 5.43 Å². The van der Waals surface area contributed by atoms with Crippen molar-refractivity contribution in [2.75, 3.05) is 0 Å². The molecule has 0 heterocycles. The number of rotatable bonds is 4. The number of benzene rings is 2. The van der Waals surface area contributed by atoms with Crippen LogP contribution in [0.4, 0.5) is 8.78 Å². The molecule has 0 saturated heterocycles. The lowest BCUT2D eigenvalue weighted by Crippen LogP contribution is -2.31. The Kier molecular flexibility index (Phi) is 4.47. The van der Waals surface area contributed by atoms with Crippen LogP contribution in [0.25, 0.3) is 0 Å². The van der Waals surface area contributed by atoms with Crippen molar-refractivity contribution in [3.63, 3.8) is 0 Å². The summed E-state index contributed by atoms with van der Waals surface area (Å²) >= 11 is 0. The molecule has 20 heavy (non-hydrogen) atoms. The lowest BCUT2D eigenvalue weighted by Gasteiger charge is -2.19. The number of halogens is 2. The average molecular weight is 276 g/mol. The Labute approximate surface area is 117 Å². The number of hydrazine groups is 1. The third-order valence-electron chi connectivity index (χ3n) is 3.43. The van der Waals surface area contributed by atoms with Crippen LogP contribution in [-0.4, -0.2) is 0 Å². The third-order valence-corrected chi connectivity index (χ3v) is 3.43. The van der Waals surface area contributed by atoms with Crippen LogP contribution in [0, 0.1) is 25.5 Å².